The second-order valence-corrected chi connectivity index (χ2v) is 5.25. The van der Waals surface area contributed by atoms with E-state index in [0.29, 0.717) is 6.04 Å². The van der Waals surface area contributed by atoms with Crippen molar-refractivity contribution in [3.63, 3.8) is 0 Å². The lowest BCUT2D eigenvalue weighted by atomic mass is 10.1. The molecule has 1 aromatic rings. The Kier molecular flexibility index (Phi) is 6.99. The van der Waals surface area contributed by atoms with Gasteiger partial charge in [0.25, 0.3) is 0 Å². The molecule has 0 aliphatic heterocycles. The summed E-state index contributed by atoms with van der Waals surface area (Å²) in [5.74, 6) is 0. The van der Waals surface area contributed by atoms with Crippen LogP contribution >= 0.6 is 0 Å². The van der Waals surface area contributed by atoms with E-state index in [9.17, 15) is 0 Å². The van der Waals surface area contributed by atoms with Crippen LogP contribution < -0.4 is 5.32 Å². The molecular formula is C16H28N2. The molecule has 1 rings (SSSR count). The van der Waals surface area contributed by atoms with E-state index < -0.39 is 0 Å². The summed E-state index contributed by atoms with van der Waals surface area (Å²) >= 11 is 0. The van der Waals surface area contributed by atoms with Gasteiger partial charge >= 0.3 is 0 Å². The Morgan fingerprint density at radius 3 is 2.50 bits per heavy atom. The zero-order valence-electron chi connectivity index (χ0n) is 12.4. The molecule has 1 aromatic carbocycles. The summed E-state index contributed by atoms with van der Waals surface area (Å²) in [6, 6.07) is 9.50. The first-order chi connectivity index (χ1) is 8.63. The SMILES string of the molecule is CCNCCCC(C)N(C)Cc1ccc(C)cc1. The number of nitrogens with zero attached hydrogens (tertiary/aromatic N) is 1. The van der Waals surface area contributed by atoms with E-state index in [2.05, 4.69) is 62.3 Å². The first-order valence-corrected chi connectivity index (χ1v) is 7.10. The zero-order valence-corrected chi connectivity index (χ0v) is 12.4. The Bertz CT molecular complexity index is 318. The van der Waals surface area contributed by atoms with Gasteiger partial charge in [-0.1, -0.05) is 36.8 Å². The molecule has 0 bridgehead atoms. The number of nitrogens with one attached hydrogen (secondary N) is 1. The van der Waals surface area contributed by atoms with Crippen molar-refractivity contribution < 1.29 is 0 Å². The van der Waals surface area contributed by atoms with Crippen LogP contribution in [0.25, 0.3) is 0 Å². The summed E-state index contributed by atoms with van der Waals surface area (Å²) in [7, 11) is 2.22. The van der Waals surface area contributed by atoms with Crippen molar-refractivity contribution in [3.05, 3.63) is 35.4 Å². The van der Waals surface area contributed by atoms with E-state index in [1.807, 2.05) is 0 Å². The van der Waals surface area contributed by atoms with Crippen molar-refractivity contribution in [1.82, 2.24) is 10.2 Å². The topological polar surface area (TPSA) is 15.3 Å². The van der Waals surface area contributed by atoms with E-state index >= 15 is 0 Å². The van der Waals surface area contributed by atoms with Gasteiger partial charge in [0.15, 0.2) is 0 Å². The van der Waals surface area contributed by atoms with Crippen molar-refractivity contribution >= 4 is 0 Å². The maximum absolute atomic E-state index is 3.38. The zero-order chi connectivity index (χ0) is 13.4. The molecule has 0 heterocycles. The third kappa shape index (κ3) is 5.65. The molecule has 18 heavy (non-hydrogen) atoms. The van der Waals surface area contributed by atoms with E-state index in [4.69, 9.17) is 0 Å². The average molecular weight is 248 g/mol. The minimum absolute atomic E-state index is 0.643. The summed E-state index contributed by atoms with van der Waals surface area (Å²) in [4.78, 5) is 2.44. The molecule has 0 aliphatic rings. The summed E-state index contributed by atoms with van der Waals surface area (Å²) in [5.41, 5.74) is 2.74. The van der Waals surface area contributed by atoms with Gasteiger partial charge in [0.2, 0.25) is 0 Å². The van der Waals surface area contributed by atoms with Crippen LogP contribution in [0, 0.1) is 6.92 Å². The minimum Gasteiger partial charge on any atom is -0.317 e. The van der Waals surface area contributed by atoms with Crippen LogP contribution in [0.3, 0.4) is 0 Å². The van der Waals surface area contributed by atoms with E-state index in [1.165, 1.54) is 24.0 Å². The Hall–Kier alpha value is -0.860. The first-order valence-electron chi connectivity index (χ1n) is 7.10. The maximum Gasteiger partial charge on any atom is 0.0233 e. The van der Waals surface area contributed by atoms with Crippen molar-refractivity contribution in [3.8, 4) is 0 Å². The number of benzene rings is 1. The molecule has 2 nitrogen and oxygen atoms in total. The predicted octanol–water partition coefficient (Wildman–Crippen LogP) is 3.21. The fraction of sp³-hybridized carbons (Fsp3) is 0.625. The van der Waals surface area contributed by atoms with Crippen molar-refractivity contribution in [2.45, 2.75) is 46.2 Å². The maximum atomic E-state index is 3.38. The van der Waals surface area contributed by atoms with Gasteiger partial charge in [-0.2, -0.15) is 0 Å². The quantitative estimate of drug-likeness (QED) is 0.711. The largest absolute Gasteiger partial charge is 0.317 e. The predicted molar refractivity (Wildman–Crippen MR) is 79.9 cm³/mol. The molecule has 0 aromatic heterocycles. The third-order valence-corrected chi connectivity index (χ3v) is 3.53. The number of hydrogen-bond donors (Lipinski definition) is 1. The van der Waals surface area contributed by atoms with Crippen LogP contribution in [-0.2, 0) is 6.54 Å². The summed E-state index contributed by atoms with van der Waals surface area (Å²) in [6.07, 6.45) is 2.52. The lowest BCUT2D eigenvalue weighted by Gasteiger charge is -2.25. The van der Waals surface area contributed by atoms with Crippen molar-refractivity contribution in [1.29, 1.82) is 0 Å². The molecule has 1 atom stereocenters. The molecule has 0 fully saturated rings. The summed E-state index contributed by atoms with van der Waals surface area (Å²) < 4.78 is 0. The lowest BCUT2D eigenvalue weighted by Crippen LogP contribution is -2.29. The number of aryl methyl sites for hydroxylation is 1. The van der Waals surface area contributed by atoms with E-state index in [0.717, 1.165) is 19.6 Å². The summed E-state index contributed by atoms with van der Waals surface area (Å²) in [6.45, 7) is 9.87. The molecule has 1 N–H and O–H groups in total. The highest BCUT2D eigenvalue weighted by Gasteiger charge is 2.08. The van der Waals surface area contributed by atoms with E-state index in [1.54, 1.807) is 0 Å². The highest BCUT2D eigenvalue weighted by Crippen LogP contribution is 2.10. The Morgan fingerprint density at radius 1 is 1.22 bits per heavy atom. The van der Waals surface area contributed by atoms with Crippen LogP contribution in [0.4, 0.5) is 0 Å². The van der Waals surface area contributed by atoms with Crippen LogP contribution in [0.5, 0.6) is 0 Å². The normalized spacial score (nSPS) is 12.9. The van der Waals surface area contributed by atoms with Crippen molar-refractivity contribution in [2.75, 3.05) is 20.1 Å². The summed E-state index contributed by atoms with van der Waals surface area (Å²) in [5, 5.41) is 3.38. The number of hydrogen-bond acceptors (Lipinski definition) is 2. The molecule has 0 saturated carbocycles. The molecule has 0 spiro atoms. The monoisotopic (exact) mass is 248 g/mol. The van der Waals surface area contributed by atoms with Crippen LogP contribution in [0.1, 0.15) is 37.8 Å². The average Bonchev–Trinajstić information content (AvgIpc) is 2.37. The number of rotatable bonds is 8. The van der Waals surface area contributed by atoms with Gasteiger partial charge in [-0.3, -0.25) is 4.90 Å². The Morgan fingerprint density at radius 2 is 1.89 bits per heavy atom. The Labute approximate surface area is 112 Å². The van der Waals surface area contributed by atoms with Gasteiger partial charge in [0.05, 0.1) is 0 Å². The van der Waals surface area contributed by atoms with Crippen LogP contribution in [0.15, 0.2) is 24.3 Å². The van der Waals surface area contributed by atoms with Gasteiger partial charge in [-0.05, 0) is 52.4 Å². The second-order valence-electron chi connectivity index (χ2n) is 5.25. The standard InChI is InChI=1S/C16H28N2/c1-5-17-12-6-7-15(3)18(4)13-16-10-8-14(2)9-11-16/h8-11,15,17H,5-7,12-13H2,1-4H3. The molecule has 0 radical (unpaired) electrons. The van der Waals surface area contributed by atoms with Gasteiger partial charge < -0.3 is 5.32 Å². The molecule has 2 heteroatoms. The van der Waals surface area contributed by atoms with E-state index in [-0.39, 0.29) is 0 Å². The minimum atomic E-state index is 0.643. The van der Waals surface area contributed by atoms with Crippen LogP contribution in [-0.4, -0.2) is 31.1 Å². The van der Waals surface area contributed by atoms with Gasteiger partial charge in [-0.15, -0.1) is 0 Å². The second kappa shape index (κ2) is 8.28. The molecule has 1 unspecified atom stereocenters. The molecule has 0 amide bonds. The molecular weight excluding hydrogens is 220 g/mol. The molecule has 0 saturated heterocycles. The van der Waals surface area contributed by atoms with Gasteiger partial charge in [-0.25, -0.2) is 0 Å². The highest BCUT2D eigenvalue weighted by atomic mass is 15.1. The van der Waals surface area contributed by atoms with Crippen LogP contribution in [0.2, 0.25) is 0 Å². The van der Waals surface area contributed by atoms with Crippen molar-refractivity contribution in [2.24, 2.45) is 0 Å². The van der Waals surface area contributed by atoms with Gasteiger partial charge in [0.1, 0.15) is 0 Å². The lowest BCUT2D eigenvalue weighted by molar-refractivity contribution is 0.234. The smallest absolute Gasteiger partial charge is 0.0233 e. The van der Waals surface area contributed by atoms with Gasteiger partial charge in [0, 0.05) is 12.6 Å². The Balaban J connectivity index is 2.30. The molecule has 0 aliphatic carbocycles. The highest BCUT2D eigenvalue weighted by molar-refractivity contribution is 5.21. The molecule has 102 valence electrons. The third-order valence-electron chi connectivity index (χ3n) is 3.53. The fourth-order valence-electron chi connectivity index (χ4n) is 2.06. The fourth-order valence-corrected chi connectivity index (χ4v) is 2.06. The first kappa shape index (κ1) is 15.2.